The van der Waals surface area contributed by atoms with E-state index in [2.05, 4.69) is 9.71 Å². The molecule has 4 rings (SSSR count). The zero-order chi connectivity index (χ0) is 15.9. The largest absolute Gasteiger partial charge is 0.332 e. The van der Waals surface area contributed by atoms with Crippen molar-refractivity contribution in [3.63, 3.8) is 0 Å². The summed E-state index contributed by atoms with van der Waals surface area (Å²) in [5.74, 6) is 0.699. The highest BCUT2D eigenvalue weighted by Crippen LogP contribution is 2.31. The second-order valence-electron chi connectivity index (χ2n) is 5.49. The molecule has 0 saturated heterocycles. The van der Waals surface area contributed by atoms with Crippen LogP contribution in [0.1, 0.15) is 0 Å². The molecule has 1 N–H and O–H groups in total. The molecule has 23 heavy (non-hydrogen) atoms. The van der Waals surface area contributed by atoms with E-state index in [1.807, 2.05) is 65.5 Å². The van der Waals surface area contributed by atoms with Gasteiger partial charge in [-0.25, -0.2) is 8.42 Å². The average Bonchev–Trinajstić information content (AvgIpc) is 2.97. The molecule has 3 heterocycles. The Hall–Kier alpha value is -2.60. The number of fused-ring (bicyclic) bond motifs is 1. The molecule has 116 valence electrons. The minimum absolute atomic E-state index is 0.106. The monoisotopic (exact) mass is 325 g/mol. The Kier molecular flexibility index (Phi) is 3.20. The number of aryl methyl sites for hydroxylation is 1. The van der Waals surface area contributed by atoms with Crippen molar-refractivity contribution in [1.82, 2.24) is 9.55 Å². The first-order valence-electron chi connectivity index (χ1n) is 7.34. The highest BCUT2D eigenvalue weighted by molar-refractivity contribution is 7.92. The number of sulfonamides is 1. The predicted molar refractivity (Wildman–Crippen MR) is 90.5 cm³/mol. The number of nitrogens with zero attached hydrogens (tertiary/aromatic N) is 2. The summed E-state index contributed by atoms with van der Waals surface area (Å²) in [4.78, 5) is 4.51. The molecule has 6 heteroatoms. The standard InChI is InChI=1S/C17H15N3O2S/c21-23(22)11-10-20-9-8-15(17(20)19-23)16-7-6-14(12-18-16)13-4-2-1-3-5-13/h1-9,12,19H,10-11H2. The van der Waals surface area contributed by atoms with Crippen molar-refractivity contribution >= 4 is 15.8 Å². The van der Waals surface area contributed by atoms with Crippen LogP contribution in [0.3, 0.4) is 0 Å². The third-order valence-electron chi connectivity index (χ3n) is 3.96. The van der Waals surface area contributed by atoms with Gasteiger partial charge in [-0.1, -0.05) is 36.4 Å². The molecule has 0 aliphatic carbocycles. The molecule has 3 aromatic rings. The number of hydrogen-bond donors (Lipinski definition) is 1. The SMILES string of the molecule is O=S1(=O)CCn2ccc(-c3ccc(-c4ccccc4)cn3)c2N1. The van der Waals surface area contributed by atoms with E-state index in [1.54, 1.807) is 0 Å². The zero-order valence-electron chi connectivity index (χ0n) is 12.3. The number of benzene rings is 1. The molecular formula is C17H15N3O2S. The lowest BCUT2D eigenvalue weighted by molar-refractivity contribution is 0.588. The Morgan fingerprint density at radius 3 is 2.57 bits per heavy atom. The zero-order valence-corrected chi connectivity index (χ0v) is 13.1. The highest BCUT2D eigenvalue weighted by atomic mass is 32.2. The van der Waals surface area contributed by atoms with Gasteiger partial charge < -0.3 is 4.57 Å². The van der Waals surface area contributed by atoms with E-state index in [4.69, 9.17) is 0 Å². The molecule has 1 aromatic carbocycles. The Balaban J connectivity index is 1.72. The van der Waals surface area contributed by atoms with Crippen LogP contribution >= 0.6 is 0 Å². The Morgan fingerprint density at radius 1 is 1.00 bits per heavy atom. The van der Waals surface area contributed by atoms with Crippen molar-refractivity contribution in [2.24, 2.45) is 0 Å². The number of pyridine rings is 1. The van der Waals surface area contributed by atoms with Gasteiger partial charge in [0.15, 0.2) is 0 Å². The Bertz CT molecular complexity index is 945. The van der Waals surface area contributed by atoms with Gasteiger partial charge in [0.05, 0.1) is 11.4 Å². The topological polar surface area (TPSA) is 64.0 Å². The lowest BCUT2D eigenvalue weighted by Crippen LogP contribution is -2.27. The summed E-state index contributed by atoms with van der Waals surface area (Å²) >= 11 is 0. The predicted octanol–water partition coefficient (Wildman–Crippen LogP) is 2.97. The van der Waals surface area contributed by atoms with Gasteiger partial charge in [0.1, 0.15) is 5.82 Å². The number of nitrogens with one attached hydrogen (secondary N) is 1. The van der Waals surface area contributed by atoms with Gasteiger partial charge >= 0.3 is 0 Å². The van der Waals surface area contributed by atoms with E-state index in [0.29, 0.717) is 12.4 Å². The molecule has 1 aliphatic heterocycles. The van der Waals surface area contributed by atoms with E-state index >= 15 is 0 Å². The summed E-state index contributed by atoms with van der Waals surface area (Å²) < 4.78 is 28.1. The molecule has 0 bridgehead atoms. The summed E-state index contributed by atoms with van der Waals surface area (Å²) in [5, 5.41) is 0. The fourth-order valence-corrected chi connectivity index (χ4v) is 3.81. The van der Waals surface area contributed by atoms with Crippen LogP contribution in [0, 0.1) is 0 Å². The first-order valence-corrected chi connectivity index (χ1v) is 8.99. The van der Waals surface area contributed by atoms with Crippen LogP contribution in [0.5, 0.6) is 0 Å². The summed E-state index contributed by atoms with van der Waals surface area (Å²) in [6, 6.07) is 15.8. The highest BCUT2D eigenvalue weighted by Gasteiger charge is 2.23. The average molecular weight is 325 g/mol. The molecule has 5 nitrogen and oxygen atoms in total. The molecular weight excluding hydrogens is 310 g/mol. The van der Waals surface area contributed by atoms with Gasteiger partial charge in [-0.05, 0) is 17.7 Å². The van der Waals surface area contributed by atoms with Crippen molar-refractivity contribution < 1.29 is 8.42 Å². The van der Waals surface area contributed by atoms with E-state index in [-0.39, 0.29) is 5.75 Å². The van der Waals surface area contributed by atoms with Crippen LogP contribution in [0.4, 0.5) is 5.82 Å². The second kappa shape index (κ2) is 5.24. The molecule has 0 atom stereocenters. The van der Waals surface area contributed by atoms with Crippen molar-refractivity contribution in [2.45, 2.75) is 6.54 Å². The molecule has 1 aliphatic rings. The second-order valence-corrected chi connectivity index (χ2v) is 7.33. The maximum Gasteiger partial charge on any atom is 0.235 e. The van der Waals surface area contributed by atoms with Gasteiger partial charge in [0.2, 0.25) is 10.0 Å². The van der Waals surface area contributed by atoms with Gasteiger partial charge in [-0.15, -0.1) is 0 Å². The van der Waals surface area contributed by atoms with Gasteiger partial charge in [0, 0.05) is 30.1 Å². The summed E-state index contributed by atoms with van der Waals surface area (Å²) in [7, 11) is -3.25. The summed E-state index contributed by atoms with van der Waals surface area (Å²) in [5.41, 5.74) is 3.69. The van der Waals surface area contributed by atoms with Crippen LogP contribution in [0.2, 0.25) is 0 Å². The quantitative estimate of drug-likeness (QED) is 0.788. The van der Waals surface area contributed by atoms with Crippen LogP contribution in [0.15, 0.2) is 60.9 Å². The van der Waals surface area contributed by atoms with Crippen LogP contribution in [-0.2, 0) is 16.6 Å². The van der Waals surface area contributed by atoms with Crippen molar-refractivity contribution in [3.8, 4) is 22.4 Å². The van der Waals surface area contributed by atoms with E-state index in [0.717, 1.165) is 22.4 Å². The van der Waals surface area contributed by atoms with E-state index < -0.39 is 10.0 Å². The number of anilines is 1. The maximum absolute atomic E-state index is 11.8. The molecule has 0 fully saturated rings. The van der Waals surface area contributed by atoms with E-state index in [9.17, 15) is 8.42 Å². The fraction of sp³-hybridized carbons (Fsp3) is 0.118. The molecule has 0 radical (unpaired) electrons. The van der Waals surface area contributed by atoms with Crippen LogP contribution in [0.25, 0.3) is 22.4 Å². The molecule has 2 aromatic heterocycles. The first kappa shape index (κ1) is 14.0. The Labute approximate surface area is 134 Å². The van der Waals surface area contributed by atoms with Gasteiger partial charge in [0.25, 0.3) is 0 Å². The lowest BCUT2D eigenvalue weighted by atomic mass is 10.1. The third kappa shape index (κ3) is 2.61. The number of rotatable bonds is 2. The minimum Gasteiger partial charge on any atom is -0.332 e. The first-order chi connectivity index (χ1) is 11.1. The molecule has 0 spiro atoms. The lowest BCUT2D eigenvalue weighted by Gasteiger charge is -2.19. The smallest absolute Gasteiger partial charge is 0.235 e. The van der Waals surface area contributed by atoms with Crippen molar-refractivity contribution in [3.05, 3.63) is 60.9 Å². The van der Waals surface area contributed by atoms with Crippen molar-refractivity contribution in [1.29, 1.82) is 0 Å². The molecule has 0 amide bonds. The minimum atomic E-state index is -3.25. The normalized spacial score (nSPS) is 15.7. The number of aromatic nitrogens is 2. The van der Waals surface area contributed by atoms with Gasteiger partial charge in [-0.3, -0.25) is 9.71 Å². The molecule has 0 unspecified atom stereocenters. The third-order valence-corrected chi connectivity index (χ3v) is 5.19. The summed E-state index contributed by atoms with van der Waals surface area (Å²) in [6.45, 7) is 0.465. The van der Waals surface area contributed by atoms with Gasteiger partial charge in [-0.2, -0.15) is 0 Å². The van der Waals surface area contributed by atoms with E-state index in [1.165, 1.54) is 0 Å². The maximum atomic E-state index is 11.8. The number of hydrogen-bond acceptors (Lipinski definition) is 3. The summed E-state index contributed by atoms with van der Waals surface area (Å²) in [6.07, 6.45) is 3.70. The van der Waals surface area contributed by atoms with Crippen LogP contribution < -0.4 is 4.72 Å². The Morgan fingerprint density at radius 2 is 1.83 bits per heavy atom. The molecule has 0 saturated carbocycles. The van der Waals surface area contributed by atoms with Crippen molar-refractivity contribution in [2.75, 3.05) is 10.5 Å². The fourth-order valence-electron chi connectivity index (χ4n) is 2.75. The van der Waals surface area contributed by atoms with Crippen LogP contribution in [-0.4, -0.2) is 23.7 Å².